The number of methoxy groups -OCH3 is 2. The quantitative estimate of drug-likeness (QED) is 0.345. The molecule has 3 aromatic rings. The number of anilines is 1. The second-order valence-corrected chi connectivity index (χ2v) is 10.9. The molecule has 2 aromatic carbocycles. The highest BCUT2D eigenvalue weighted by molar-refractivity contribution is 7.16. The minimum Gasteiger partial charge on any atom is -0.497 e. The molecule has 10 nitrogen and oxygen atoms in total. The SMILES string of the molecule is COc1ccc(CNC(=O)c2nc(C3CCCN3C(=O)OCc3ccccc3)sc2NC(=O)C2(F)CC2)c(OC)c1. The summed E-state index contributed by atoms with van der Waals surface area (Å²) >= 11 is 1.07. The number of aromatic nitrogens is 1. The first-order valence-corrected chi connectivity index (χ1v) is 14.1. The van der Waals surface area contributed by atoms with Gasteiger partial charge in [-0.25, -0.2) is 14.2 Å². The fourth-order valence-electron chi connectivity index (χ4n) is 4.57. The summed E-state index contributed by atoms with van der Waals surface area (Å²) < 4.78 is 30.7. The number of ether oxygens (including phenoxy) is 3. The maximum atomic E-state index is 14.5. The van der Waals surface area contributed by atoms with Crippen molar-refractivity contribution in [3.63, 3.8) is 0 Å². The molecule has 2 N–H and O–H groups in total. The van der Waals surface area contributed by atoms with Crippen molar-refractivity contribution in [2.75, 3.05) is 26.1 Å². The van der Waals surface area contributed by atoms with Gasteiger partial charge in [-0.2, -0.15) is 0 Å². The molecule has 2 heterocycles. The minimum atomic E-state index is -1.94. The van der Waals surface area contributed by atoms with Crippen molar-refractivity contribution in [1.29, 1.82) is 0 Å². The van der Waals surface area contributed by atoms with Crippen molar-refractivity contribution < 1.29 is 33.0 Å². The van der Waals surface area contributed by atoms with E-state index < -0.39 is 29.6 Å². The van der Waals surface area contributed by atoms with Crippen LogP contribution in [0, 0.1) is 0 Å². The highest BCUT2D eigenvalue weighted by Gasteiger charge is 2.51. The molecular formula is C29H31FN4O6S. The van der Waals surface area contributed by atoms with Crippen molar-refractivity contribution in [3.05, 3.63) is 70.4 Å². The lowest BCUT2D eigenvalue weighted by molar-refractivity contribution is -0.122. The number of rotatable bonds is 10. The number of carbonyl (C=O) groups excluding carboxylic acids is 3. The normalized spacial score (nSPS) is 17.0. The number of halogens is 1. The molecule has 0 radical (unpaired) electrons. The van der Waals surface area contributed by atoms with E-state index in [9.17, 15) is 18.8 Å². The Hall–Kier alpha value is -4.19. The van der Waals surface area contributed by atoms with Crippen molar-refractivity contribution in [3.8, 4) is 11.5 Å². The third-order valence-electron chi connectivity index (χ3n) is 7.09. The fraction of sp³-hybridized carbons (Fsp3) is 0.379. The number of nitrogens with zero attached hydrogens (tertiary/aromatic N) is 2. The molecular weight excluding hydrogens is 551 g/mol. The molecule has 216 valence electrons. The zero-order valence-corrected chi connectivity index (χ0v) is 23.6. The van der Waals surface area contributed by atoms with E-state index in [1.165, 1.54) is 7.11 Å². The molecule has 0 spiro atoms. The molecule has 1 saturated heterocycles. The first-order chi connectivity index (χ1) is 19.8. The summed E-state index contributed by atoms with van der Waals surface area (Å²) in [6.45, 7) is 0.704. The summed E-state index contributed by atoms with van der Waals surface area (Å²) in [6, 6.07) is 14.1. The van der Waals surface area contributed by atoms with Gasteiger partial charge in [0.05, 0.1) is 20.3 Å². The molecule has 1 aliphatic heterocycles. The molecule has 0 bridgehead atoms. The molecule has 3 amide bonds. The predicted molar refractivity (Wildman–Crippen MR) is 150 cm³/mol. The lowest BCUT2D eigenvalue weighted by Gasteiger charge is -2.22. The van der Waals surface area contributed by atoms with Crippen molar-refractivity contribution in [2.24, 2.45) is 0 Å². The van der Waals surface area contributed by atoms with Gasteiger partial charge in [0.25, 0.3) is 11.8 Å². The Morgan fingerprint density at radius 1 is 1.12 bits per heavy atom. The van der Waals surface area contributed by atoms with Gasteiger partial charge in [0, 0.05) is 24.7 Å². The van der Waals surface area contributed by atoms with Crippen molar-refractivity contribution in [2.45, 2.75) is 50.5 Å². The van der Waals surface area contributed by atoms with E-state index >= 15 is 0 Å². The van der Waals surface area contributed by atoms with Crippen LogP contribution in [-0.2, 0) is 22.7 Å². The summed E-state index contributed by atoms with van der Waals surface area (Å²) in [7, 11) is 3.06. The van der Waals surface area contributed by atoms with Gasteiger partial charge in [0.1, 0.15) is 28.1 Å². The summed E-state index contributed by atoms with van der Waals surface area (Å²) in [4.78, 5) is 45.0. The van der Waals surface area contributed by atoms with Gasteiger partial charge in [-0.15, -0.1) is 0 Å². The molecule has 1 unspecified atom stereocenters. The molecule has 5 rings (SSSR count). The van der Waals surface area contributed by atoms with Crippen LogP contribution in [0.5, 0.6) is 11.5 Å². The third-order valence-corrected chi connectivity index (χ3v) is 8.16. The number of benzene rings is 2. The Bertz CT molecular complexity index is 1430. The number of hydrogen-bond donors (Lipinski definition) is 2. The largest absolute Gasteiger partial charge is 0.497 e. The Morgan fingerprint density at radius 2 is 1.90 bits per heavy atom. The average Bonchev–Trinajstić information content (AvgIpc) is 3.37. The first kappa shape index (κ1) is 28.3. The Balaban J connectivity index is 1.34. The van der Waals surface area contributed by atoms with Crippen molar-refractivity contribution in [1.82, 2.24) is 15.2 Å². The van der Waals surface area contributed by atoms with Crippen LogP contribution >= 0.6 is 11.3 Å². The van der Waals surface area contributed by atoms with Crippen molar-refractivity contribution >= 4 is 34.2 Å². The van der Waals surface area contributed by atoms with E-state index in [0.717, 1.165) is 23.3 Å². The van der Waals surface area contributed by atoms with Crippen LogP contribution in [0.25, 0.3) is 0 Å². The Labute approximate surface area is 240 Å². The van der Waals surface area contributed by atoms with Gasteiger partial charge in [0.2, 0.25) is 0 Å². The zero-order chi connectivity index (χ0) is 29.0. The zero-order valence-electron chi connectivity index (χ0n) is 22.8. The van der Waals surface area contributed by atoms with E-state index in [0.29, 0.717) is 35.0 Å². The van der Waals surface area contributed by atoms with E-state index in [1.54, 1.807) is 30.2 Å². The number of likely N-dealkylation sites (tertiary alicyclic amines) is 1. The lowest BCUT2D eigenvalue weighted by atomic mass is 10.2. The Kier molecular flexibility index (Phi) is 8.39. The molecule has 2 fully saturated rings. The monoisotopic (exact) mass is 582 g/mol. The average molecular weight is 583 g/mol. The van der Waals surface area contributed by atoms with Gasteiger partial charge in [-0.1, -0.05) is 41.7 Å². The second kappa shape index (κ2) is 12.1. The highest BCUT2D eigenvalue weighted by atomic mass is 32.1. The van der Waals surface area contributed by atoms with E-state index in [1.807, 2.05) is 30.3 Å². The molecule has 41 heavy (non-hydrogen) atoms. The molecule has 2 aliphatic rings. The minimum absolute atomic E-state index is 0.0421. The van der Waals surface area contributed by atoms with Gasteiger partial charge in [-0.3, -0.25) is 14.5 Å². The molecule has 1 atom stereocenters. The van der Waals surface area contributed by atoms with Crippen LogP contribution in [0.15, 0.2) is 48.5 Å². The maximum absolute atomic E-state index is 14.5. The lowest BCUT2D eigenvalue weighted by Crippen LogP contribution is -2.31. The smallest absolute Gasteiger partial charge is 0.410 e. The van der Waals surface area contributed by atoms with Crippen LogP contribution in [0.1, 0.15) is 58.3 Å². The number of thiazole rings is 1. The first-order valence-electron chi connectivity index (χ1n) is 13.3. The molecule has 1 saturated carbocycles. The van der Waals surface area contributed by atoms with Crippen LogP contribution in [0.4, 0.5) is 14.2 Å². The van der Waals surface area contributed by atoms with Gasteiger partial charge in [0.15, 0.2) is 11.4 Å². The van der Waals surface area contributed by atoms with Gasteiger partial charge in [-0.05, 0) is 43.4 Å². The van der Waals surface area contributed by atoms with Gasteiger partial charge < -0.3 is 24.8 Å². The number of alkyl halides is 1. The summed E-state index contributed by atoms with van der Waals surface area (Å²) in [6.07, 6.45) is 1.10. The number of nitrogens with one attached hydrogen (secondary N) is 2. The second-order valence-electron chi connectivity index (χ2n) is 9.90. The molecule has 12 heteroatoms. The number of hydrogen-bond acceptors (Lipinski definition) is 8. The Morgan fingerprint density at radius 3 is 2.61 bits per heavy atom. The molecule has 1 aromatic heterocycles. The summed E-state index contributed by atoms with van der Waals surface area (Å²) in [5.74, 6) is -0.222. The summed E-state index contributed by atoms with van der Waals surface area (Å²) in [5, 5.41) is 5.98. The predicted octanol–water partition coefficient (Wildman–Crippen LogP) is 5.00. The maximum Gasteiger partial charge on any atom is 0.410 e. The topological polar surface area (TPSA) is 119 Å². The highest BCUT2D eigenvalue weighted by Crippen LogP contribution is 2.43. The third kappa shape index (κ3) is 6.43. The van der Waals surface area contributed by atoms with Crippen LogP contribution in [0.3, 0.4) is 0 Å². The number of carbonyl (C=O) groups is 3. The fourth-order valence-corrected chi connectivity index (χ4v) is 5.68. The van der Waals surface area contributed by atoms with Crippen LogP contribution in [-0.4, -0.2) is 54.2 Å². The molecule has 1 aliphatic carbocycles. The van der Waals surface area contributed by atoms with E-state index in [2.05, 4.69) is 15.6 Å². The van der Waals surface area contributed by atoms with Crippen LogP contribution < -0.4 is 20.1 Å². The van der Waals surface area contributed by atoms with Gasteiger partial charge >= 0.3 is 6.09 Å². The van der Waals surface area contributed by atoms with E-state index in [4.69, 9.17) is 14.2 Å². The van der Waals surface area contributed by atoms with Crippen LogP contribution in [0.2, 0.25) is 0 Å². The van der Waals surface area contributed by atoms with E-state index in [-0.39, 0.29) is 36.7 Å². The standard InChI is InChI=1S/C29H31FN4O6S/c1-38-20-11-10-19(22(15-20)39-2)16-31-24(35)23-26(33-27(36)29(30)12-13-29)41-25(32-23)21-9-6-14-34(21)28(37)40-17-18-7-4-3-5-8-18/h3-5,7-8,10-11,15,21H,6,9,12-14,16-17H2,1-2H3,(H,31,35)(H,33,36). The number of amides is 3. The summed E-state index contributed by atoms with van der Waals surface area (Å²) in [5.41, 5.74) is -0.413.